The molecule has 3 nitrogen and oxygen atoms in total. The van der Waals surface area contributed by atoms with Crippen LogP contribution in [0.3, 0.4) is 0 Å². The number of benzene rings is 2. The molecule has 126 valence electrons. The summed E-state index contributed by atoms with van der Waals surface area (Å²) >= 11 is 5.87. The molecule has 1 N–H and O–H groups in total. The summed E-state index contributed by atoms with van der Waals surface area (Å²) in [7, 11) is 1.29. The molecule has 0 spiro atoms. The van der Waals surface area contributed by atoms with Crippen molar-refractivity contribution in [2.75, 3.05) is 12.4 Å². The maximum absolute atomic E-state index is 15.7. The number of fused-ring (bicyclic) bond motifs is 1. The fraction of sp³-hybridized carbons (Fsp3) is 0.188. The number of nitrogens with one attached hydrogen (secondary N) is 1. The molecule has 0 bridgehead atoms. The molecule has 0 radical (unpaired) electrons. The minimum Gasteiger partial charge on any atom is -0.496 e. The van der Waals surface area contributed by atoms with Crippen molar-refractivity contribution in [2.45, 2.75) is 11.8 Å². The first-order valence-corrected chi connectivity index (χ1v) is 7.12. The second kappa shape index (κ2) is 5.37. The lowest BCUT2D eigenvalue weighted by molar-refractivity contribution is -0.137. The maximum Gasteiger partial charge on any atom is 0.416 e. The number of methoxy groups -OCH3 is 1. The first-order valence-electron chi connectivity index (χ1n) is 6.74. The number of anilines is 1. The van der Waals surface area contributed by atoms with E-state index in [1.54, 1.807) is 0 Å². The molecular formula is C16H10ClF4NO2. The van der Waals surface area contributed by atoms with Crippen LogP contribution in [0.25, 0.3) is 0 Å². The van der Waals surface area contributed by atoms with Gasteiger partial charge in [-0.1, -0.05) is 17.7 Å². The zero-order valence-electron chi connectivity index (χ0n) is 12.2. The number of carbonyl (C=O) groups is 1. The number of alkyl halides is 4. The molecule has 1 atom stereocenters. The quantitative estimate of drug-likeness (QED) is 0.801. The van der Waals surface area contributed by atoms with Crippen molar-refractivity contribution < 1.29 is 27.1 Å². The van der Waals surface area contributed by atoms with Gasteiger partial charge in [-0.3, -0.25) is 4.79 Å². The van der Waals surface area contributed by atoms with E-state index in [0.29, 0.717) is 6.07 Å². The Morgan fingerprint density at radius 1 is 1.12 bits per heavy atom. The highest BCUT2D eigenvalue weighted by atomic mass is 35.5. The Morgan fingerprint density at radius 3 is 2.46 bits per heavy atom. The maximum atomic E-state index is 15.7. The first-order chi connectivity index (χ1) is 11.2. The average Bonchev–Trinajstić information content (AvgIpc) is 2.78. The number of amides is 1. The summed E-state index contributed by atoms with van der Waals surface area (Å²) in [5.41, 5.74) is -4.31. The molecule has 0 aliphatic carbocycles. The fourth-order valence-corrected chi connectivity index (χ4v) is 2.84. The van der Waals surface area contributed by atoms with Crippen molar-refractivity contribution in [3.63, 3.8) is 0 Å². The van der Waals surface area contributed by atoms with E-state index in [4.69, 9.17) is 16.3 Å². The van der Waals surface area contributed by atoms with Gasteiger partial charge in [-0.2, -0.15) is 13.2 Å². The third-order valence-electron chi connectivity index (χ3n) is 3.81. The summed E-state index contributed by atoms with van der Waals surface area (Å²) in [6.07, 6.45) is -4.60. The van der Waals surface area contributed by atoms with Gasteiger partial charge < -0.3 is 10.1 Å². The van der Waals surface area contributed by atoms with Crippen LogP contribution in [0.2, 0.25) is 5.02 Å². The Morgan fingerprint density at radius 2 is 1.83 bits per heavy atom. The van der Waals surface area contributed by atoms with E-state index >= 15 is 4.39 Å². The van der Waals surface area contributed by atoms with Crippen LogP contribution in [-0.2, 0) is 16.6 Å². The molecule has 8 heteroatoms. The number of carbonyl (C=O) groups excluding carboxylic acids is 1. The minimum absolute atomic E-state index is 0.0600. The van der Waals surface area contributed by atoms with Crippen LogP contribution in [-0.4, -0.2) is 13.0 Å². The normalized spacial score (nSPS) is 19.8. The molecule has 1 heterocycles. The van der Waals surface area contributed by atoms with Crippen molar-refractivity contribution in [1.82, 2.24) is 0 Å². The second-order valence-electron chi connectivity index (χ2n) is 5.22. The van der Waals surface area contributed by atoms with Gasteiger partial charge >= 0.3 is 6.18 Å². The third-order valence-corrected chi connectivity index (χ3v) is 4.05. The van der Waals surface area contributed by atoms with Crippen molar-refractivity contribution >= 4 is 23.2 Å². The van der Waals surface area contributed by atoms with Crippen molar-refractivity contribution in [3.05, 3.63) is 58.1 Å². The van der Waals surface area contributed by atoms with Crippen LogP contribution in [0, 0.1) is 0 Å². The van der Waals surface area contributed by atoms with Crippen molar-refractivity contribution in [1.29, 1.82) is 0 Å². The molecular weight excluding hydrogens is 349 g/mol. The SMILES string of the molecule is COc1ccc(Cl)cc1[C@]1([18F])C(=O)Nc2cc(C(F)(F)F)ccc21. The van der Waals surface area contributed by atoms with Gasteiger partial charge in [0, 0.05) is 21.8 Å². The minimum atomic E-state index is -4.60. The lowest BCUT2D eigenvalue weighted by atomic mass is 9.87. The van der Waals surface area contributed by atoms with E-state index in [2.05, 4.69) is 5.32 Å². The van der Waals surface area contributed by atoms with Crippen LogP contribution in [0.5, 0.6) is 5.75 Å². The number of ether oxygens (including phenoxy) is 1. The van der Waals surface area contributed by atoms with Crippen LogP contribution in [0.4, 0.5) is 23.2 Å². The van der Waals surface area contributed by atoms with E-state index in [9.17, 15) is 18.0 Å². The van der Waals surface area contributed by atoms with Crippen molar-refractivity contribution in [3.8, 4) is 5.75 Å². The summed E-state index contributed by atoms with van der Waals surface area (Å²) in [5.74, 6) is -1.04. The monoisotopic (exact) mass is 358 g/mol. The largest absolute Gasteiger partial charge is 0.496 e. The predicted octanol–water partition coefficient (Wildman–Crippen LogP) is 4.53. The zero-order valence-corrected chi connectivity index (χ0v) is 12.9. The topological polar surface area (TPSA) is 38.3 Å². The summed E-state index contributed by atoms with van der Waals surface area (Å²) in [6.45, 7) is 0. The molecule has 2 aromatic carbocycles. The standard InChI is InChI=1S/C16H10ClF4NO2/c1-24-13-5-3-9(17)7-11(13)15(18)10-4-2-8(16(19,20)21)6-12(10)22-14(15)23/h2-7H,1H3,(H,22,23)/t15-/m0/s1/i18-1. The van der Waals surface area contributed by atoms with E-state index < -0.39 is 23.3 Å². The highest BCUT2D eigenvalue weighted by Gasteiger charge is 2.51. The molecule has 1 amide bonds. The second-order valence-corrected chi connectivity index (χ2v) is 5.65. The summed E-state index contributed by atoms with van der Waals surface area (Å²) < 4.78 is 59.1. The zero-order chi connectivity index (χ0) is 17.7. The number of rotatable bonds is 2. The Bertz CT molecular complexity index is 837. The van der Waals surface area contributed by atoms with Crippen LogP contribution >= 0.6 is 11.6 Å². The molecule has 2 aromatic rings. The highest BCUT2D eigenvalue weighted by Crippen LogP contribution is 2.48. The third kappa shape index (κ3) is 2.39. The highest BCUT2D eigenvalue weighted by molar-refractivity contribution is 6.30. The number of halogens is 5. The van der Waals surface area contributed by atoms with E-state index in [1.807, 2.05) is 0 Å². The Kier molecular flexibility index (Phi) is 3.71. The molecule has 0 aromatic heterocycles. The molecule has 0 unspecified atom stereocenters. The molecule has 1 aliphatic heterocycles. The lowest BCUT2D eigenvalue weighted by Crippen LogP contribution is -2.31. The number of hydrogen-bond donors (Lipinski definition) is 1. The summed E-state index contributed by atoms with van der Waals surface area (Å²) in [6, 6.07) is 6.42. The molecule has 1 aliphatic rings. The van der Waals surface area contributed by atoms with Gasteiger partial charge in [0.15, 0.2) is 0 Å². The van der Waals surface area contributed by atoms with Crippen LogP contribution < -0.4 is 10.1 Å². The van der Waals surface area contributed by atoms with Gasteiger partial charge in [-0.15, -0.1) is 0 Å². The van der Waals surface area contributed by atoms with Gasteiger partial charge in [0.25, 0.3) is 5.91 Å². The van der Waals surface area contributed by atoms with Gasteiger partial charge in [-0.05, 0) is 30.3 Å². The Hall–Kier alpha value is -2.28. The van der Waals surface area contributed by atoms with Crippen LogP contribution in [0.15, 0.2) is 36.4 Å². The lowest BCUT2D eigenvalue weighted by Gasteiger charge is -2.21. The summed E-state index contributed by atoms with van der Waals surface area (Å²) in [5, 5.41) is 2.32. The van der Waals surface area contributed by atoms with Crippen molar-refractivity contribution in [2.24, 2.45) is 0 Å². The Labute approximate surface area is 139 Å². The van der Waals surface area contributed by atoms with Gasteiger partial charge in [0.1, 0.15) is 5.75 Å². The molecule has 3 rings (SSSR count). The van der Waals surface area contributed by atoms with E-state index in [1.165, 1.54) is 25.3 Å². The molecule has 0 saturated heterocycles. The molecule has 0 saturated carbocycles. The average molecular weight is 359 g/mol. The smallest absolute Gasteiger partial charge is 0.416 e. The van der Waals surface area contributed by atoms with Gasteiger partial charge in [0.05, 0.1) is 12.7 Å². The number of hydrogen-bond acceptors (Lipinski definition) is 2. The van der Waals surface area contributed by atoms with Crippen LogP contribution in [0.1, 0.15) is 16.7 Å². The molecule has 24 heavy (non-hydrogen) atoms. The summed E-state index contributed by atoms with van der Waals surface area (Å²) in [4.78, 5) is 12.2. The predicted molar refractivity (Wildman–Crippen MR) is 80.0 cm³/mol. The van der Waals surface area contributed by atoms with Gasteiger partial charge in [0.2, 0.25) is 5.67 Å². The van der Waals surface area contributed by atoms with E-state index in [0.717, 1.165) is 12.1 Å². The Balaban J connectivity index is 2.21. The fourth-order valence-electron chi connectivity index (χ4n) is 2.67. The van der Waals surface area contributed by atoms with Gasteiger partial charge in [-0.25, -0.2) is 4.39 Å². The van der Waals surface area contributed by atoms with E-state index in [-0.39, 0.29) is 27.6 Å². The molecule has 0 fully saturated rings. The first kappa shape index (κ1) is 16.6.